The Labute approximate surface area is 190 Å². The highest BCUT2D eigenvalue weighted by molar-refractivity contribution is 7.22. The molecule has 0 amide bonds. The lowest BCUT2D eigenvalue weighted by Gasteiger charge is -2.29. The van der Waals surface area contributed by atoms with Crippen LogP contribution in [-0.4, -0.2) is 33.0 Å². The summed E-state index contributed by atoms with van der Waals surface area (Å²) in [7, 11) is 0. The first-order chi connectivity index (χ1) is 15.9. The smallest absolute Gasteiger partial charge is 0.395 e. The fourth-order valence-corrected chi connectivity index (χ4v) is 5.23. The number of ether oxygens (including phenoxy) is 2. The predicted octanol–water partition coefficient (Wildman–Crippen LogP) is 5.03. The number of ketones is 1. The highest BCUT2D eigenvalue weighted by Crippen LogP contribution is 2.43. The number of benzene rings is 2. The van der Waals surface area contributed by atoms with Crippen LogP contribution in [0.1, 0.15) is 29.4 Å². The molecule has 2 aliphatic rings. The van der Waals surface area contributed by atoms with Crippen LogP contribution in [0.25, 0.3) is 21.3 Å². The molecule has 2 aromatic heterocycles. The number of aliphatic hydroxyl groups excluding tert-OH is 1. The quantitative estimate of drug-likeness (QED) is 0.408. The number of nitrogens with one attached hydrogen (secondary N) is 1. The van der Waals surface area contributed by atoms with E-state index in [-0.39, 0.29) is 23.3 Å². The monoisotopic (exact) mass is 469 g/mol. The summed E-state index contributed by atoms with van der Waals surface area (Å²) in [5, 5.41) is 14.4. The predicted molar refractivity (Wildman–Crippen MR) is 118 cm³/mol. The molecule has 10 heteroatoms. The second kappa shape index (κ2) is 7.26. The first-order valence-corrected chi connectivity index (χ1v) is 11.1. The van der Waals surface area contributed by atoms with Crippen LogP contribution in [0.3, 0.4) is 0 Å². The number of carbonyl (C=O) groups is 1. The van der Waals surface area contributed by atoms with Gasteiger partial charge in [-0.05, 0) is 53.9 Å². The van der Waals surface area contributed by atoms with Gasteiger partial charge in [0.05, 0.1) is 22.0 Å². The number of fused-ring (bicyclic) bond motifs is 3. The summed E-state index contributed by atoms with van der Waals surface area (Å²) in [6, 6.07) is 13.5. The average Bonchev–Trinajstić information content (AvgIpc) is 3.48. The minimum absolute atomic E-state index is 0.00152. The Bertz CT molecular complexity index is 1400. The summed E-state index contributed by atoms with van der Waals surface area (Å²) in [5.74, 6) is 0.0595. The number of aromatic nitrogens is 2. The third kappa shape index (κ3) is 3.51. The van der Waals surface area contributed by atoms with Crippen LogP contribution in [0, 0.1) is 0 Å². The van der Waals surface area contributed by atoms with Gasteiger partial charge >= 0.3 is 6.29 Å². The van der Waals surface area contributed by atoms with Crippen molar-refractivity contribution in [3.8, 4) is 22.6 Å². The molecule has 0 saturated heterocycles. The van der Waals surface area contributed by atoms with Crippen molar-refractivity contribution in [1.29, 1.82) is 0 Å². The number of nitrogens with zero attached hydrogens (tertiary/aromatic N) is 2. The highest BCUT2D eigenvalue weighted by Gasteiger charge is 2.43. The molecule has 168 valence electrons. The second-order valence-corrected chi connectivity index (χ2v) is 8.98. The summed E-state index contributed by atoms with van der Waals surface area (Å²) in [6.45, 7) is 0. The van der Waals surface area contributed by atoms with E-state index in [1.54, 1.807) is 29.0 Å². The summed E-state index contributed by atoms with van der Waals surface area (Å²) in [5.41, 5.74) is 2.85. The Balaban J connectivity index is 1.25. The molecule has 0 bridgehead atoms. The fourth-order valence-electron chi connectivity index (χ4n) is 4.29. The van der Waals surface area contributed by atoms with Crippen molar-refractivity contribution in [2.75, 3.05) is 5.32 Å². The lowest BCUT2D eigenvalue weighted by molar-refractivity contribution is -0.286. The molecule has 4 heterocycles. The molecule has 0 radical (unpaired) electrons. The van der Waals surface area contributed by atoms with Gasteiger partial charge in [-0.15, -0.1) is 8.78 Å². The van der Waals surface area contributed by atoms with Crippen molar-refractivity contribution in [3.05, 3.63) is 60.4 Å². The maximum absolute atomic E-state index is 13.3. The van der Waals surface area contributed by atoms with E-state index in [0.29, 0.717) is 29.2 Å². The average molecular weight is 469 g/mol. The standard InChI is InChI=1S/C23H17F2N3O4S/c24-23(25)31-18-8-4-12(10-19(18)32-23)13-3-5-14-20(11-13)33-22(26-14)27-21(30)16-6-7-17(29)15-2-1-9-28(15)16/h1-5,8-11,16,21,30H,6-7H2,(H,26,27)/t16?,21-/m0/s1. The van der Waals surface area contributed by atoms with Crippen molar-refractivity contribution < 1.29 is 28.2 Å². The van der Waals surface area contributed by atoms with Gasteiger partial charge in [-0.25, -0.2) is 4.98 Å². The molecular formula is C23H17F2N3O4S. The van der Waals surface area contributed by atoms with Crippen LogP contribution >= 0.6 is 11.3 Å². The number of carbonyl (C=O) groups excluding carboxylic acids is 1. The summed E-state index contributed by atoms with van der Waals surface area (Å²) in [6.07, 6.45) is -1.85. The lowest BCUT2D eigenvalue weighted by Crippen LogP contribution is -2.35. The van der Waals surface area contributed by atoms with E-state index in [0.717, 1.165) is 15.8 Å². The number of aliphatic hydroxyl groups is 1. The van der Waals surface area contributed by atoms with E-state index in [4.69, 9.17) is 0 Å². The summed E-state index contributed by atoms with van der Waals surface area (Å²) in [4.78, 5) is 16.6. The van der Waals surface area contributed by atoms with E-state index < -0.39 is 12.5 Å². The second-order valence-electron chi connectivity index (χ2n) is 7.95. The van der Waals surface area contributed by atoms with Crippen LogP contribution in [0.15, 0.2) is 54.7 Å². The number of hydrogen-bond donors (Lipinski definition) is 2. The number of anilines is 1. The van der Waals surface area contributed by atoms with Crippen molar-refractivity contribution in [2.24, 2.45) is 0 Å². The van der Waals surface area contributed by atoms with Crippen LogP contribution in [0.2, 0.25) is 0 Å². The van der Waals surface area contributed by atoms with Crippen LogP contribution in [-0.2, 0) is 0 Å². The Morgan fingerprint density at radius 2 is 1.94 bits per heavy atom. The van der Waals surface area contributed by atoms with Gasteiger partial charge in [-0.1, -0.05) is 23.5 Å². The number of alkyl halides is 2. The molecule has 1 unspecified atom stereocenters. The molecule has 0 saturated carbocycles. The third-order valence-electron chi connectivity index (χ3n) is 5.85. The first-order valence-electron chi connectivity index (χ1n) is 10.3. The number of hydrogen-bond acceptors (Lipinski definition) is 7. The SMILES string of the molecule is O=C1CCC([C@H](O)Nc2nc3ccc(-c4ccc5c(c4)OC(F)(F)O5)cc3s2)n2cccc21. The van der Waals surface area contributed by atoms with Gasteiger partial charge in [0.1, 0.15) is 6.23 Å². The van der Waals surface area contributed by atoms with Crippen LogP contribution < -0.4 is 14.8 Å². The number of halogens is 2. The van der Waals surface area contributed by atoms with Gasteiger partial charge < -0.3 is 24.5 Å². The zero-order chi connectivity index (χ0) is 22.7. The maximum atomic E-state index is 13.3. The Kier molecular flexibility index (Phi) is 4.43. The van der Waals surface area contributed by atoms with Crippen molar-refractivity contribution in [2.45, 2.75) is 31.4 Å². The van der Waals surface area contributed by atoms with E-state index in [9.17, 15) is 18.7 Å². The summed E-state index contributed by atoms with van der Waals surface area (Å²) < 4.78 is 38.3. The van der Waals surface area contributed by atoms with Gasteiger partial charge in [0.25, 0.3) is 0 Å². The maximum Gasteiger partial charge on any atom is 0.586 e. The minimum Gasteiger partial charge on any atom is -0.395 e. The van der Waals surface area contributed by atoms with Gasteiger partial charge in [0.2, 0.25) is 0 Å². The molecule has 2 aromatic carbocycles. The fraction of sp³-hybridized carbons (Fsp3) is 0.217. The first kappa shape index (κ1) is 20.1. The third-order valence-corrected chi connectivity index (χ3v) is 6.80. The number of thiazole rings is 1. The Morgan fingerprint density at radius 3 is 2.82 bits per heavy atom. The van der Waals surface area contributed by atoms with Crippen molar-refractivity contribution in [3.63, 3.8) is 0 Å². The van der Waals surface area contributed by atoms with Crippen molar-refractivity contribution in [1.82, 2.24) is 9.55 Å². The highest BCUT2D eigenvalue weighted by atomic mass is 32.1. The molecule has 2 atom stereocenters. The summed E-state index contributed by atoms with van der Waals surface area (Å²) >= 11 is 1.37. The van der Waals surface area contributed by atoms with E-state index in [1.165, 1.54) is 23.5 Å². The molecular weight excluding hydrogens is 452 g/mol. The van der Waals surface area contributed by atoms with Gasteiger partial charge in [-0.3, -0.25) is 4.79 Å². The van der Waals surface area contributed by atoms with Crippen LogP contribution in [0.5, 0.6) is 11.5 Å². The van der Waals surface area contributed by atoms with Gasteiger partial charge in [-0.2, -0.15) is 0 Å². The normalized spacial score (nSPS) is 19.5. The van der Waals surface area contributed by atoms with E-state index in [1.807, 2.05) is 18.2 Å². The molecule has 2 aliphatic heterocycles. The minimum atomic E-state index is -3.66. The molecule has 0 aliphatic carbocycles. The van der Waals surface area contributed by atoms with E-state index in [2.05, 4.69) is 19.8 Å². The van der Waals surface area contributed by atoms with Crippen molar-refractivity contribution >= 4 is 32.5 Å². The Hall–Kier alpha value is -3.50. The zero-order valence-electron chi connectivity index (χ0n) is 17.0. The van der Waals surface area contributed by atoms with Gasteiger partial charge in [0.15, 0.2) is 22.4 Å². The van der Waals surface area contributed by atoms with Crippen LogP contribution in [0.4, 0.5) is 13.9 Å². The van der Waals surface area contributed by atoms with Gasteiger partial charge in [0, 0.05) is 12.6 Å². The largest absolute Gasteiger partial charge is 0.586 e. The molecule has 33 heavy (non-hydrogen) atoms. The van der Waals surface area contributed by atoms with E-state index >= 15 is 0 Å². The molecule has 2 N–H and O–H groups in total. The zero-order valence-corrected chi connectivity index (χ0v) is 17.8. The molecule has 6 rings (SSSR count). The molecule has 0 fully saturated rings. The lowest BCUT2D eigenvalue weighted by atomic mass is 10.0. The molecule has 7 nitrogen and oxygen atoms in total. The number of rotatable bonds is 4. The Morgan fingerprint density at radius 1 is 1.15 bits per heavy atom. The molecule has 0 spiro atoms. The topological polar surface area (TPSA) is 85.6 Å². The molecule has 4 aromatic rings. The number of Topliss-reactive ketones (excluding diaryl/α,β-unsaturated/α-hetero) is 1.